The SMILES string of the molecule is C[C@@H]1[C@H](O)C[C@H](c2ccncc2NC(=O)c2ccc(F)c(-c3ccc(F)c(F)c3)n2)C[C@@H]1C. The predicted molar refractivity (Wildman–Crippen MR) is 118 cm³/mol. The number of nitrogens with one attached hydrogen (secondary N) is 1. The van der Waals surface area contributed by atoms with Gasteiger partial charge in [0.15, 0.2) is 11.6 Å². The first-order valence-corrected chi connectivity index (χ1v) is 10.8. The molecule has 33 heavy (non-hydrogen) atoms. The molecule has 0 spiro atoms. The van der Waals surface area contributed by atoms with Crippen LogP contribution in [0.1, 0.15) is 48.7 Å². The molecule has 2 N–H and O–H groups in total. The summed E-state index contributed by atoms with van der Waals surface area (Å²) < 4.78 is 41.2. The van der Waals surface area contributed by atoms with Crippen molar-refractivity contribution in [3.8, 4) is 11.3 Å². The number of aliphatic hydroxyl groups is 1. The number of hydrogen-bond donors (Lipinski definition) is 2. The Morgan fingerprint density at radius 1 is 1.03 bits per heavy atom. The van der Waals surface area contributed by atoms with Gasteiger partial charge in [-0.2, -0.15) is 0 Å². The quantitative estimate of drug-likeness (QED) is 0.558. The zero-order valence-electron chi connectivity index (χ0n) is 18.2. The molecule has 4 atom stereocenters. The van der Waals surface area contributed by atoms with Crippen LogP contribution >= 0.6 is 0 Å². The molecule has 1 fully saturated rings. The van der Waals surface area contributed by atoms with Gasteiger partial charge in [0, 0.05) is 11.8 Å². The van der Waals surface area contributed by atoms with E-state index in [4.69, 9.17) is 0 Å². The van der Waals surface area contributed by atoms with Crippen LogP contribution in [0, 0.1) is 29.3 Å². The normalized spacial score (nSPS) is 22.7. The maximum Gasteiger partial charge on any atom is 0.274 e. The summed E-state index contributed by atoms with van der Waals surface area (Å²) in [6, 6.07) is 7.00. The molecular weight excluding hydrogens is 431 g/mol. The van der Waals surface area contributed by atoms with Gasteiger partial charge in [-0.3, -0.25) is 9.78 Å². The Kier molecular flexibility index (Phi) is 6.47. The summed E-state index contributed by atoms with van der Waals surface area (Å²) in [7, 11) is 0. The number of pyridine rings is 2. The average Bonchev–Trinajstić information content (AvgIpc) is 2.79. The Balaban J connectivity index is 1.60. The van der Waals surface area contributed by atoms with Crippen LogP contribution < -0.4 is 5.32 Å². The second kappa shape index (κ2) is 9.31. The number of aliphatic hydroxyl groups excluding tert-OH is 1. The van der Waals surface area contributed by atoms with E-state index >= 15 is 0 Å². The lowest BCUT2D eigenvalue weighted by atomic mass is 9.71. The number of benzene rings is 1. The number of carbonyl (C=O) groups is 1. The second-order valence-electron chi connectivity index (χ2n) is 8.64. The summed E-state index contributed by atoms with van der Waals surface area (Å²) in [6.45, 7) is 4.13. The summed E-state index contributed by atoms with van der Waals surface area (Å²) >= 11 is 0. The Hall–Kier alpha value is -3.26. The Bertz CT molecular complexity index is 1180. The van der Waals surface area contributed by atoms with E-state index in [1.54, 1.807) is 6.20 Å². The van der Waals surface area contributed by atoms with Crippen molar-refractivity contribution in [1.29, 1.82) is 0 Å². The summed E-state index contributed by atoms with van der Waals surface area (Å²) in [5.41, 5.74) is 1.02. The second-order valence-corrected chi connectivity index (χ2v) is 8.64. The molecule has 172 valence electrons. The molecule has 1 aromatic carbocycles. The summed E-state index contributed by atoms with van der Waals surface area (Å²) in [4.78, 5) is 21.1. The minimum Gasteiger partial charge on any atom is -0.393 e. The number of rotatable bonds is 4. The van der Waals surface area contributed by atoms with Gasteiger partial charge in [0.05, 0.1) is 18.0 Å². The highest BCUT2D eigenvalue weighted by atomic mass is 19.2. The largest absolute Gasteiger partial charge is 0.393 e. The lowest BCUT2D eigenvalue weighted by molar-refractivity contribution is 0.0384. The monoisotopic (exact) mass is 455 g/mol. The maximum absolute atomic E-state index is 14.3. The van der Waals surface area contributed by atoms with E-state index in [0.29, 0.717) is 18.0 Å². The van der Waals surface area contributed by atoms with Crippen LogP contribution in [-0.2, 0) is 0 Å². The van der Waals surface area contributed by atoms with Crippen LogP contribution in [-0.4, -0.2) is 27.1 Å². The number of amides is 1. The van der Waals surface area contributed by atoms with Gasteiger partial charge >= 0.3 is 0 Å². The third-order valence-corrected chi connectivity index (χ3v) is 6.50. The summed E-state index contributed by atoms with van der Waals surface area (Å²) in [6.07, 6.45) is 4.17. The average molecular weight is 455 g/mol. The van der Waals surface area contributed by atoms with Crippen molar-refractivity contribution in [3.05, 3.63) is 77.5 Å². The molecule has 0 aliphatic heterocycles. The van der Waals surface area contributed by atoms with Gasteiger partial charge < -0.3 is 10.4 Å². The molecule has 5 nitrogen and oxygen atoms in total. The van der Waals surface area contributed by atoms with Crippen LogP contribution in [0.5, 0.6) is 0 Å². The fourth-order valence-electron chi connectivity index (χ4n) is 4.37. The van der Waals surface area contributed by atoms with Crippen molar-refractivity contribution in [3.63, 3.8) is 0 Å². The molecule has 0 radical (unpaired) electrons. The van der Waals surface area contributed by atoms with E-state index in [9.17, 15) is 23.1 Å². The van der Waals surface area contributed by atoms with E-state index in [2.05, 4.69) is 22.2 Å². The van der Waals surface area contributed by atoms with E-state index in [1.807, 2.05) is 13.0 Å². The van der Waals surface area contributed by atoms with Gasteiger partial charge in [-0.15, -0.1) is 0 Å². The standard InChI is InChI=1S/C25H24F3N3O2/c1-13-9-16(11-23(32)14(13)2)17-7-8-29-12-22(17)31-25(33)21-6-5-19(27)24(30-21)15-3-4-18(26)20(28)10-15/h3-8,10,12-14,16,23,32H,9,11H2,1-2H3,(H,31,33)/t13-,14-,16+,23+/m0/s1. The molecule has 8 heteroatoms. The number of nitrogens with zero attached hydrogens (tertiary/aromatic N) is 2. The molecule has 2 heterocycles. The van der Waals surface area contributed by atoms with Crippen molar-refractivity contribution in [1.82, 2.24) is 9.97 Å². The fraction of sp³-hybridized carbons (Fsp3) is 0.320. The van der Waals surface area contributed by atoms with Crippen LogP contribution in [0.3, 0.4) is 0 Å². The van der Waals surface area contributed by atoms with Crippen LogP contribution in [0.2, 0.25) is 0 Å². The molecule has 1 saturated carbocycles. The molecule has 0 saturated heterocycles. The number of anilines is 1. The Labute approximate surface area is 189 Å². The predicted octanol–water partition coefficient (Wildman–Crippen LogP) is 5.32. The Morgan fingerprint density at radius 3 is 2.52 bits per heavy atom. The molecule has 1 aliphatic rings. The molecule has 1 aliphatic carbocycles. The van der Waals surface area contributed by atoms with Crippen LogP contribution in [0.4, 0.5) is 18.9 Å². The molecule has 2 aromatic heterocycles. The number of aromatic nitrogens is 2. The van der Waals surface area contributed by atoms with Gasteiger partial charge in [-0.1, -0.05) is 13.8 Å². The van der Waals surface area contributed by atoms with Crippen molar-refractivity contribution in [2.24, 2.45) is 11.8 Å². The van der Waals surface area contributed by atoms with E-state index < -0.39 is 29.5 Å². The number of carbonyl (C=O) groups excluding carboxylic acids is 1. The maximum atomic E-state index is 14.3. The van der Waals surface area contributed by atoms with Crippen molar-refractivity contribution < 1.29 is 23.1 Å². The minimum absolute atomic E-state index is 0.0161. The number of halogens is 3. The lowest BCUT2D eigenvalue weighted by Gasteiger charge is -2.37. The number of hydrogen-bond acceptors (Lipinski definition) is 4. The van der Waals surface area contributed by atoms with Gasteiger partial charge in [-0.25, -0.2) is 18.2 Å². The van der Waals surface area contributed by atoms with Crippen molar-refractivity contribution >= 4 is 11.6 Å². The van der Waals surface area contributed by atoms with E-state index in [-0.39, 0.29) is 28.8 Å². The van der Waals surface area contributed by atoms with E-state index in [0.717, 1.165) is 30.2 Å². The van der Waals surface area contributed by atoms with Crippen molar-refractivity contribution in [2.45, 2.75) is 38.7 Å². The molecule has 0 bridgehead atoms. The molecular formula is C25H24F3N3O2. The van der Waals surface area contributed by atoms with Gasteiger partial charge in [-0.05, 0) is 72.6 Å². The minimum atomic E-state index is -1.14. The van der Waals surface area contributed by atoms with Crippen LogP contribution in [0.25, 0.3) is 11.3 Å². The highest BCUT2D eigenvalue weighted by molar-refractivity contribution is 6.03. The topological polar surface area (TPSA) is 75.1 Å². The zero-order valence-corrected chi connectivity index (χ0v) is 18.2. The summed E-state index contributed by atoms with van der Waals surface area (Å²) in [5, 5.41) is 13.2. The smallest absolute Gasteiger partial charge is 0.274 e. The highest BCUT2D eigenvalue weighted by Gasteiger charge is 2.33. The fourth-order valence-corrected chi connectivity index (χ4v) is 4.37. The Morgan fingerprint density at radius 2 is 1.79 bits per heavy atom. The van der Waals surface area contributed by atoms with Gasteiger partial charge in [0.25, 0.3) is 5.91 Å². The van der Waals surface area contributed by atoms with Crippen LogP contribution in [0.15, 0.2) is 48.8 Å². The van der Waals surface area contributed by atoms with Gasteiger partial charge in [0.2, 0.25) is 0 Å². The first-order chi connectivity index (χ1) is 15.7. The molecule has 0 unspecified atom stereocenters. The third-order valence-electron chi connectivity index (χ3n) is 6.50. The molecule has 3 aromatic rings. The first kappa shape index (κ1) is 22.9. The molecule has 4 rings (SSSR count). The summed E-state index contributed by atoms with van der Waals surface area (Å²) in [5.74, 6) is -3.00. The van der Waals surface area contributed by atoms with E-state index in [1.165, 1.54) is 18.3 Å². The first-order valence-electron chi connectivity index (χ1n) is 10.8. The molecule has 1 amide bonds. The third kappa shape index (κ3) is 4.75. The zero-order chi connectivity index (χ0) is 23.7. The van der Waals surface area contributed by atoms with Crippen molar-refractivity contribution in [2.75, 3.05) is 5.32 Å². The lowest BCUT2D eigenvalue weighted by Crippen LogP contribution is -2.32. The van der Waals surface area contributed by atoms with Gasteiger partial charge in [0.1, 0.15) is 17.2 Å². The highest BCUT2D eigenvalue weighted by Crippen LogP contribution is 2.41.